The highest BCUT2D eigenvalue weighted by molar-refractivity contribution is 9.10. The summed E-state index contributed by atoms with van der Waals surface area (Å²) in [5.41, 5.74) is 0.0428. The van der Waals surface area contributed by atoms with Gasteiger partial charge in [0.1, 0.15) is 5.54 Å². The van der Waals surface area contributed by atoms with Crippen molar-refractivity contribution in [3.63, 3.8) is 0 Å². The zero-order valence-corrected chi connectivity index (χ0v) is 12.8. The van der Waals surface area contributed by atoms with Crippen molar-refractivity contribution in [1.82, 2.24) is 5.32 Å². The minimum atomic E-state index is -0.838. The maximum atomic E-state index is 12.2. The molecule has 1 atom stereocenters. The van der Waals surface area contributed by atoms with Gasteiger partial charge in [0.05, 0.1) is 5.84 Å². The van der Waals surface area contributed by atoms with Gasteiger partial charge >= 0.3 is 0 Å². The van der Waals surface area contributed by atoms with Crippen LogP contribution in [0.15, 0.2) is 28.7 Å². The molecule has 0 aliphatic carbocycles. The second-order valence-electron chi connectivity index (χ2n) is 4.78. The van der Waals surface area contributed by atoms with E-state index in [9.17, 15) is 4.79 Å². The topological polar surface area (TPSA) is 53.0 Å². The summed E-state index contributed by atoms with van der Waals surface area (Å²) in [7, 11) is 0. The fraction of sp³-hybridized carbons (Fsp3) is 0.429. The Morgan fingerprint density at radius 3 is 2.39 bits per heavy atom. The van der Waals surface area contributed by atoms with Gasteiger partial charge in [-0.2, -0.15) is 0 Å². The van der Waals surface area contributed by atoms with Gasteiger partial charge in [-0.15, -0.1) is 0 Å². The molecule has 0 saturated heterocycles. The van der Waals surface area contributed by atoms with Crippen LogP contribution in [0.25, 0.3) is 0 Å². The second-order valence-corrected chi connectivity index (χ2v) is 5.69. The Hall–Kier alpha value is -1.16. The molecule has 0 amide bonds. The Morgan fingerprint density at radius 1 is 1.39 bits per heavy atom. The summed E-state index contributed by atoms with van der Waals surface area (Å²) in [4.78, 5) is 12.2. The molecule has 0 aliphatic heterocycles. The molecule has 0 heterocycles. The molecule has 2 N–H and O–H groups in total. The Labute approximate surface area is 117 Å². The number of ketones is 1. The van der Waals surface area contributed by atoms with Gasteiger partial charge < -0.3 is 5.32 Å². The quantitative estimate of drug-likeness (QED) is 0.661. The van der Waals surface area contributed by atoms with Gasteiger partial charge in [0, 0.05) is 4.47 Å². The maximum Gasteiger partial charge on any atom is 0.159 e. The van der Waals surface area contributed by atoms with Crippen LogP contribution >= 0.6 is 15.9 Å². The largest absolute Gasteiger partial charge is 0.358 e. The molecule has 1 unspecified atom stereocenters. The Balaban J connectivity index is 3.43. The monoisotopic (exact) mass is 310 g/mol. The van der Waals surface area contributed by atoms with Gasteiger partial charge in [-0.25, -0.2) is 0 Å². The van der Waals surface area contributed by atoms with Crippen molar-refractivity contribution < 1.29 is 4.79 Å². The summed E-state index contributed by atoms with van der Waals surface area (Å²) >= 11 is 3.43. The van der Waals surface area contributed by atoms with Gasteiger partial charge in [0.15, 0.2) is 5.78 Å². The lowest BCUT2D eigenvalue weighted by Gasteiger charge is -2.37. The van der Waals surface area contributed by atoms with Gasteiger partial charge in [-0.1, -0.05) is 41.9 Å². The number of halogens is 1. The predicted octanol–water partition coefficient (Wildman–Crippen LogP) is 3.48. The summed E-state index contributed by atoms with van der Waals surface area (Å²) in [6.45, 7) is 7.19. The van der Waals surface area contributed by atoms with E-state index >= 15 is 0 Å². The van der Waals surface area contributed by atoms with E-state index in [1.54, 1.807) is 13.8 Å². The fourth-order valence-corrected chi connectivity index (χ4v) is 2.68. The highest BCUT2D eigenvalue weighted by atomic mass is 79.9. The van der Waals surface area contributed by atoms with Crippen LogP contribution < -0.4 is 5.32 Å². The third kappa shape index (κ3) is 2.80. The molecule has 18 heavy (non-hydrogen) atoms. The normalized spacial score (nSPS) is 14.1. The first-order valence-electron chi connectivity index (χ1n) is 5.91. The molecule has 0 fully saturated rings. The summed E-state index contributed by atoms with van der Waals surface area (Å²) in [6, 6.07) is 7.67. The van der Waals surface area contributed by atoms with Crippen molar-refractivity contribution in [1.29, 1.82) is 5.41 Å². The lowest BCUT2D eigenvalue weighted by Crippen LogP contribution is -2.53. The number of amidine groups is 1. The van der Waals surface area contributed by atoms with E-state index < -0.39 is 5.54 Å². The van der Waals surface area contributed by atoms with E-state index in [1.165, 1.54) is 0 Å². The first-order chi connectivity index (χ1) is 8.30. The van der Waals surface area contributed by atoms with Crippen molar-refractivity contribution in [2.75, 3.05) is 0 Å². The summed E-state index contributed by atoms with van der Waals surface area (Å²) in [6.07, 6.45) is 0. The number of carbonyl (C=O) groups is 1. The van der Waals surface area contributed by atoms with Crippen LogP contribution in [0.5, 0.6) is 0 Å². The minimum absolute atomic E-state index is 0.0159. The number of nitrogens with one attached hydrogen (secondary N) is 2. The number of hydrogen-bond donors (Lipinski definition) is 2. The molecular weight excluding hydrogens is 292 g/mol. The van der Waals surface area contributed by atoms with Gasteiger partial charge in [0.25, 0.3) is 0 Å². The predicted molar refractivity (Wildman–Crippen MR) is 77.9 cm³/mol. The first-order valence-corrected chi connectivity index (χ1v) is 6.70. The molecule has 0 bridgehead atoms. The standard InChI is InChI=1S/C14H19BrN2O/c1-9(2)14(10(3)18,17-11(4)16)12-6-5-7-13(15)8-12/h5-9H,1-4H3,(H2,16,17). The van der Waals surface area contributed by atoms with E-state index in [4.69, 9.17) is 5.41 Å². The van der Waals surface area contributed by atoms with E-state index in [0.717, 1.165) is 10.0 Å². The van der Waals surface area contributed by atoms with Crippen molar-refractivity contribution in [2.45, 2.75) is 33.2 Å². The van der Waals surface area contributed by atoms with Crippen molar-refractivity contribution in [3.05, 3.63) is 34.3 Å². The molecule has 0 saturated carbocycles. The lowest BCUT2D eigenvalue weighted by molar-refractivity contribution is -0.124. The second kappa shape index (κ2) is 5.65. The first kappa shape index (κ1) is 14.9. The average Bonchev–Trinajstić information content (AvgIpc) is 2.24. The average molecular weight is 311 g/mol. The van der Waals surface area contributed by atoms with Crippen molar-refractivity contribution in [2.24, 2.45) is 5.92 Å². The number of carbonyl (C=O) groups excluding carboxylic acids is 1. The Morgan fingerprint density at radius 2 is 2.00 bits per heavy atom. The van der Waals surface area contributed by atoms with E-state index in [1.807, 2.05) is 38.1 Å². The molecule has 0 radical (unpaired) electrons. The number of hydrogen-bond acceptors (Lipinski definition) is 2. The molecule has 1 aromatic rings. The summed E-state index contributed by atoms with van der Waals surface area (Å²) < 4.78 is 0.927. The zero-order chi connectivity index (χ0) is 13.9. The molecular formula is C14H19BrN2O. The van der Waals surface area contributed by atoms with Gasteiger partial charge in [0.2, 0.25) is 0 Å². The molecule has 4 heteroatoms. The third-order valence-corrected chi connectivity index (χ3v) is 3.58. The molecule has 0 aromatic heterocycles. The molecule has 3 nitrogen and oxygen atoms in total. The zero-order valence-electron chi connectivity index (χ0n) is 11.2. The lowest BCUT2D eigenvalue weighted by atomic mass is 9.76. The molecule has 0 spiro atoms. The van der Waals surface area contributed by atoms with Crippen molar-refractivity contribution >= 4 is 27.5 Å². The fourth-order valence-electron chi connectivity index (χ4n) is 2.28. The highest BCUT2D eigenvalue weighted by Gasteiger charge is 2.40. The number of benzene rings is 1. The van der Waals surface area contributed by atoms with Gasteiger partial charge in [-0.05, 0) is 37.5 Å². The maximum absolute atomic E-state index is 12.2. The van der Waals surface area contributed by atoms with E-state index in [0.29, 0.717) is 5.84 Å². The van der Waals surface area contributed by atoms with Crippen LogP contribution in [0.1, 0.15) is 33.3 Å². The van der Waals surface area contributed by atoms with Gasteiger partial charge in [-0.3, -0.25) is 10.2 Å². The number of Topliss-reactive ketones (excluding diaryl/α,β-unsaturated/α-hetero) is 1. The SMILES string of the molecule is CC(=N)NC(C(C)=O)(c1cccc(Br)c1)C(C)C. The van der Waals surface area contributed by atoms with Crippen LogP contribution in [0.3, 0.4) is 0 Å². The molecule has 0 aliphatic rings. The Bertz CT molecular complexity index is 471. The van der Waals surface area contributed by atoms with Crippen LogP contribution in [0, 0.1) is 11.3 Å². The van der Waals surface area contributed by atoms with Crippen LogP contribution in [-0.2, 0) is 10.3 Å². The summed E-state index contributed by atoms with van der Waals surface area (Å²) in [5, 5.41) is 10.7. The van der Waals surface area contributed by atoms with Crippen LogP contribution in [0.2, 0.25) is 0 Å². The Kier molecular flexibility index (Phi) is 4.68. The van der Waals surface area contributed by atoms with Crippen molar-refractivity contribution in [3.8, 4) is 0 Å². The smallest absolute Gasteiger partial charge is 0.159 e. The highest BCUT2D eigenvalue weighted by Crippen LogP contribution is 2.32. The summed E-state index contributed by atoms with van der Waals surface area (Å²) in [5.74, 6) is 0.352. The van der Waals surface area contributed by atoms with Crippen LogP contribution in [0.4, 0.5) is 0 Å². The number of rotatable bonds is 4. The molecule has 98 valence electrons. The minimum Gasteiger partial charge on any atom is -0.358 e. The molecule has 1 aromatic carbocycles. The van der Waals surface area contributed by atoms with E-state index in [2.05, 4.69) is 21.2 Å². The van der Waals surface area contributed by atoms with Crippen LogP contribution in [-0.4, -0.2) is 11.6 Å². The van der Waals surface area contributed by atoms with E-state index in [-0.39, 0.29) is 11.7 Å². The third-order valence-electron chi connectivity index (χ3n) is 3.09. The molecule has 1 rings (SSSR count).